The van der Waals surface area contributed by atoms with Gasteiger partial charge in [0, 0.05) is 5.75 Å². The predicted molar refractivity (Wildman–Crippen MR) is 89.3 cm³/mol. The zero-order chi connectivity index (χ0) is 17.1. The van der Waals surface area contributed by atoms with Crippen molar-refractivity contribution in [2.24, 2.45) is 5.10 Å². The molecule has 3 rings (SSSR count). The normalized spacial score (nSPS) is 14.1. The third-order valence-electron chi connectivity index (χ3n) is 3.29. The van der Waals surface area contributed by atoms with Gasteiger partial charge in [-0.15, -0.1) is 10.2 Å². The van der Waals surface area contributed by atoms with Crippen LogP contribution in [0, 0.1) is 12.7 Å². The molecule has 0 aliphatic carbocycles. The number of carbonyl (C=O) groups is 1. The second-order valence-electron chi connectivity index (χ2n) is 5.01. The van der Waals surface area contributed by atoms with E-state index in [1.165, 1.54) is 23.9 Å². The zero-order valence-electron chi connectivity index (χ0n) is 13.2. The van der Waals surface area contributed by atoms with E-state index in [1.54, 1.807) is 36.7 Å². The molecule has 8 heteroatoms. The van der Waals surface area contributed by atoms with E-state index in [2.05, 4.69) is 15.3 Å². The highest BCUT2D eigenvalue weighted by molar-refractivity contribution is 7.99. The second-order valence-corrected chi connectivity index (χ2v) is 5.95. The van der Waals surface area contributed by atoms with Crippen LogP contribution in [-0.4, -0.2) is 38.9 Å². The van der Waals surface area contributed by atoms with E-state index in [-0.39, 0.29) is 12.4 Å². The van der Waals surface area contributed by atoms with Gasteiger partial charge in [-0.05, 0) is 37.6 Å². The maximum atomic E-state index is 13.4. The molecule has 2 heterocycles. The summed E-state index contributed by atoms with van der Waals surface area (Å²) < 4.78 is 20.1. The Kier molecular flexibility index (Phi) is 4.75. The summed E-state index contributed by atoms with van der Waals surface area (Å²) in [7, 11) is 0. The van der Waals surface area contributed by atoms with Gasteiger partial charge >= 0.3 is 5.97 Å². The third-order valence-corrected chi connectivity index (χ3v) is 4.22. The average Bonchev–Trinajstić information content (AvgIpc) is 2.94. The number of fused-ring (bicyclic) bond motifs is 1. The number of rotatable bonds is 4. The number of thioether (sulfide) groups is 1. The number of hydrogen-bond donors (Lipinski definition) is 0. The lowest BCUT2D eigenvalue weighted by atomic mass is 10.1. The fourth-order valence-electron chi connectivity index (χ4n) is 2.19. The number of halogens is 1. The van der Waals surface area contributed by atoms with Gasteiger partial charge in [0.05, 0.1) is 17.9 Å². The lowest BCUT2D eigenvalue weighted by molar-refractivity contribution is -0.137. The fourth-order valence-corrected chi connectivity index (χ4v) is 3.06. The predicted octanol–water partition coefficient (Wildman–Crippen LogP) is 2.68. The van der Waals surface area contributed by atoms with Crippen molar-refractivity contribution in [2.75, 3.05) is 12.4 Å². The number of nitrogens with zero attached hydrogens (tertiary/aromatic N) is 4. The first-order valence-electron chi connectivity index (χ1n) is 7.36. The summed E-state index contributed by atoms with van der Waals surface area (Å²) in [4.78, 5) is 12.4. The van der Waals surface area contributed by atoms with E-state index in [0.29, 0.717) is 33.6 Å². The minimum absolute atomic E-state index is 0.247. The number of hydrogen-bond acceptors (Lipinski definition) is 6. The molecule has 1 aliphatic heterocycles. The first-order valence-corrected chi connectivity index (χ1v) is 8.34. The molecule has 0 radical (unpaired) electrons. The fraction of sp³-hybridized carbons (Fsp3) is 0.250. The standard InChI is InChI=1S/C16H15FN4O2S/c1-3-23-15(22)13(8-11-5-4-6-12(17)7-11)14-9-24-16-19-18-10(2)21(16)20-14/h4-8H,3,9H2,1-2H3/b13-8-. The molecule has 0 saturated carbocycles. The maximum Gasteiger partial charge on any atom is 0.340 e. The largest absolute Gasteiger partial charge is 0.462 e. The summed E-state index contributed by atoms with van der Waals surface area (Å²) in [5.41, 5.74) is 1.41. The Morgan fingerprint density at radius 3 is 3.04 bits per heavy atom. The number of aromatic nitrogens is 3. The van der Waals surface area contributed by atoms with Crippen molar-refractivity contribution in [3.05, 3.63) is 47.0 Å². The van der Waals surface area contributed by atoms with Crippen molar-refractivity contribution in [1.29, 1.82) is 0 Å². The van der Waals surface area contributed by atoms with Gasteiger partial charge in [-0.2, -0.15) is 9.78 Å². The minimum atomic E-state index is -0.490. The molecular formula is C16H15FN4O2S. The molecule has 6 nitrogen and oxygen atoms in total. The lowest BCUT2D eigenvalue weighted by Gasteiger charge is -2.15. The topological polar surface area (TPSA) is 69.4 Å². The van der Waals surface area contributed by atoms with Crippen molar-refractivity contribution < 1.29 is 13.9 Å². The molecule has 2 aromatic rings. The quantitative estimate of drug-likeness (QED) is 0.629. The highest BCUT2D eigenvalue weighted by atomic mass is 32.2. The molecule has 0 fully saturated rings. The van der Waals surface area contributed by atoms with E-state index in [0.717, 1.165) is 0 Å². The Morgan fingerprint density at radius 2 is 2.29 bits per heavy atom. The molecule has 0 amide bonds. The Hall–Kier alpha value is -2.48. The van der Waals surface area contributed by atoms with E-state index >= 15 is 0 Å². The Labute approximate surface area is 142 Å². The van der Waals surface area contributed by atoms with Gasteiger partial charge in [0.2, 0.25) is 5.16 Å². The van der Waals surface area contributed by atoms with Gasteiger partial charge < -0.3 is 4.74 Å². The molecule has 0 atom stereocenters. The number of aryl methyl sites for hydroxylation is 1. The number of benzene rings is 1. The Balaban J connectivity index is 2.04. The van der Waals surface area contributed by atoms with Crippen LogP contribution < -0.4 is 0 Å². The molecule has 24 heavy (non-hydrogen) atoms. The molecule has 0 N–H and O–H groups in total. The van der Waals surface area contributed by atoms with Crippen LogP contribution in [0.1, 0.15) is 18.3 Å². The summed E-state index contributed by atoms with van der Waals surface area (Å²) in [5.74, 6) is 0.223. The van der Waals surface area contributed by atoms with Gasteiger partial charge in [-0.25, -0.2) is 9.18 Å². The molecule has 1 aromatic carbocycles. The van der Waals surface area contributed by atoms with Crippen LogP contribution in [0.3, 0.4) is 0 Å². The first kappa shape index (κ1) is 16.4. The summed E-state index contributed by atoms with van der Waals surface area (Å²) in [6.45, 7) is 3.76. The minimum Gasteiger partial charge on any atom is -0.462 e. The van der Waals surface area contributed by atoms with E-state index in [4.69, 9.17) is 4.74 Å². The molecule has 1 aromatic heterocycles. The van der Waals surface area contributed by atoms with Gasteiger partial charge in [0.25, 0.3) is 0 Å². The van der Waals surface area contributed by atoms with Gasteiger partial charge in [0.15, 0.2) is 5.82 Å². The van der Waals surface area contributed by atoms with Crippen molar-refractivity contribution in [1.82, 2.24) is 14.9 Å². The van der Waals surface area contributed by atoms with Crippen LogP contribution in [0.4, 0.5) is 4.39 Å². The van der Waals surface area contributed by atoms with Crippen molar-refractivity contribution in [3.8, 4) is 0 Å². The Bertz CT molecular complexity index is 844. The molecule has 124 valence electrons. The van der Waals surface area contributed by atoms with Gasteiger partial charge in [-0.3, -0.25) is 0 Å². The van der Waals surface area contributed by atoms with Gasteiger partial charge in [0.1, 0.15) is 5.82 Å². The van der Waals surface area contributed by atoms with E-state index in [1.807, 2.05) is 0 Å². The first-order chi connectivity index (χ1) is 11.6. The smallest absolute Gasteiger partial charge is 0.340 e. The summed E-state index contributed by atoms with van der Waals surface area (Å²) in [6.07, 6.45) is 1.59. The molecule has 1 aliphatic rings. The van der Waals surface area contributed by atoms with Crippen LogP contribution in [0.25, 0.3) is 6.08 Å². The highest BCUT2D eigenvalue weighted by Crippen LogP contribution is 2.25. The lowest BCUT2D eigenvalue weighted by Crippen LogP contribution is -2.21. The van der Waals surface area contributed by atoms with Crippen LogP contribution in [0.5, 0.6) is 0 Å². The SMILES string of the molecule is CCOC(=O)/C(=C\c1cccc(F)c1)C1=Nn2c(C)nnc2SC1. The highest BCUT2D eigenvalue weighted by Gasteiger charge is 2.24. The number of carbonyl (C=O) groups excluding carboxylic acids is 1. The molecule has 0 saturated heterocycles. The second kappa shape index (κ2) is 6.96. The summed E-state index contributed by atoms with van der Waals surface area (Å²) >= 11 is 1.43. The van der Waals surface area contributed by atoms with Crippen LogP contribution in [-0.2, 0) is 9.53 Å². The van der Waals surface area contributed by atoms with Crippen molar-refractivity contribution >= 4 is 29.5 Å². The zero-order valence-corrected chi connectivity index (χ0v) is 14.0. The van der Waals surface area contributed by atoms with Crippen LogP contribution >= 0.6 is 11.8 Å². The molecule has 0 bridgehead atoms. The summed E-state index contributed by atoms with van der Waals surface area (Å²) in [6, 6.07) is 6.01. The monoisotopic (exact) mass is 346 g/mol. The molecular weight excluding hydrogens is 331 g/mol. The van der Waals surface area contributed by atoms with E-state index in [9.17, 15) is 9.18 Å². The Morgan fingerprint density at radius 1 is 1.46 bits per heavy atom. The third kappa shape index (κ3) is 3.38. The van der Waals surface area contributed by atoms with Crippen LogP contribution in [0.15, 0.2) is 40.1 Å². The molecule has 0 unspecified atom stereocenters. The van der Waals surface area contributed by atoms with Crippen molar-refractivity contribution in [2.45, 2.75) is 19.0 Å². The summed E-state index contributed by atoms with van der Waals surface area (Å²) in [5, 5.41) is 13.1. The van der Waals surface area contributed by atoms with Crippen molar-refractivity contribution in [3.63, 3.8) is 0 Å². The van der Waals surface area contributed by atoms with Crippen LogP contribution in [0.2, 0.25) is 0 Å². The van der Waals surface area contributed by atoms with Gasteiger partial charge in [-0.1, -0.05) is 23.9 Å². The number of ether oxygens (including phenoxy) is 1. The average molecular weight is 346 g/mol. The molecule has 0 spiro atoms. The van der Waals surface area contributed by atoms with E-state index < -0.39 is 5.97 Å². The maximum absolute atomic E-state index is 13.4. The number of esters is 1.